The van der Waals surface area contributed by atoms with Gasteiger partial charge in [0.2, 0.25) is 0 Å². The summed E-state index contributed by atoms with van der Waals surface area (Å²) in [5.41, 5.74) is 6.95. The fourth-order valence-electron chi connectivity index (χ4n) is 3.40. The minimum atomic E-state index is 0. The lowest BCUT2D eigenvalue weighted by Gasteiger charge is -2.11. The third-order valence-corrected chi connectivity index (χ3v) is 5.83. The van der Waals surface area contributed by atoms with E-state index in [1.165, 1.54) is 22.2 Å². The average molecular weight is 414 g/mol. The zero-order chi connectivity index (χ0) is 19.0. The fourth-order valence-corrected chi connectivity index (χ4v) is 4.00. The smallest absolute Gasteiger partial charge is 0.132 e. The van der Waals surface area contributed by atoms with Crippen molar-refractivity contribution in [2.75, 3.05) is 0 Å². The van der Waals surface area contributed by atoms with Gasteiger partial charge in [0.1, 0.15) is 18.1 Å². The number of halogens is 1. The minimum absolute atomic E-state index is 0. The Bertz CT molecular complexity index is 1100. The maximum Gasteiger partial charge on any atom is 0.132 e. The van der Waals surface area contributed by atoms with Crippen molar-refractivity contribution < 1.29 is 4.74 Å². The van der Waals surface area contributed by atoms with Crippen LogP contribution in [-0.2, 0) is 13.2 Å². The van der Waals surface area contributed by atoms with E-state index in [-0.39, 0.29) is 12.4 Å². The van der Waals surface area contributed by atoms with Crippen LogP contribution >= 0.6 is 23.7 Å². The van der Waals surface area contributed by atoms with Crippen LogP contribution in [-0.4, -0.2) is 14.5 Å². The lowest BCUT2D eigenvalue weighted by atomic mass is 10.2. The Kier molecular flexibility index (Phi) is 6.06. The molecular formula is C22H24ClN3OS. The monoisotopic (exact) mass is 413 g/mol. The number of pyridine rings is 1. The van der Waals surface area contributed by atoms with Crippen LogP contribution in [0.15, 0.2) is 41.9 Å². The number of thiazole rings is 1. The van der Waals surface area contributed by atoms with Gasteiger partial charge < -0.3 is 9.30 Å². The van der Waals surface area contributed by atoms with Gasteiger partial charge >= 0.3 is 0 Å². The van der Waals surface area contributed by atoms with Crippen molar-refractivity contribution in [1.29, 1.82) is 0 Å². The summed E-state index contributed by atoms with van der Waals surface area (Å²) >= 11 is 1.69. The number of benzene rings is 1. The van der Waals surface area contributed by atoms with Crippen molar-refractivity contribution in [3.05, 3.63) is 75.1 Å². The zero-order valence-corrected chi connectivity index (χ0v) is 18.2. The molecule has 1 aromatic carbocycles. The number of fused-ring (bicyclic) bond motifs is 1. The Balaban J connectivity index is 0.00000225. The van der Waals surface area contributed by atoms with Crippen LogP contribution in [0.2, 0.25) is 0 Å². The molecule has 4 rings (SSSR count). The van der Waals surface area contributed by atoms with Crippen molar-refractivity contribution in [3.63, 3.8) is 0 Å². The molecule has 28 heavy (non-hydrogen) atoms. The Morgan fingerprint density at radius 1 is 1.04 bits per heavy atom. The van der Waals surface area contributed by atoms with Crippen molar-refractivity contribution in [2.24, 2.45) is 0 Å². The van der Waals surface area contributed by atoms with Gasteiger partial charge in [0.25, 0.3) is 0 Å². The normalized spacial score (nSPS) is 10.9. The third kappa shape index (κ3) is 3.91. The number of rotatable bonds is 5. The molecule has 4 aromatic rings. The maximum absolute atomic E-state index is 6.02. The third-order valence-electron chi connectivity index (χ3n) is 5.00. The highest BCUT2D eigenvalue weighted by Crippen LogP contribution is 2.29. The van der Waals surface area contributed by atoms with E-state index in [4.69, 9.17) is 4.74 Å². The van der Waals surface area contributed by atoms with Crippen LogP contribution in [0.5, 0.6) is 5.75 Å². The Morgan fingerprint density at radius 3 is 2.46 bits per heavy atom. The Morgan fingerprint density at radius 2 is 1.79 bits per heavy atom. The fraction of sp³-hybridized carbons (Fsp3) is 0.273. The number of hydrogen-bond donors (Lipinski definition) is 0. The molecule has 0 radical (unpaired) electrons. The summed E-state index contributed by atoms with van der Waals surface area (Å²) in [6, 6.07) is 10.2. The van der Waals surface area contributed by atoms with Crippen molar-refractivity contribution in [2.45, 2.75) is 40.8 Å². The molecule has 146 valence electrons. The van der Waals surface area contributed by atoms with Gasteiger partial charge in [-0.2, -0.15) is 0 Å². The van der Waals surface area contributed by atoms with Gasteiger partial charge in [-0.05, 0) is 51.5 Å². The number of hydrogen-bond acceptors (Lipinski definition) is 4. The van der Waals surface area contributed by atoms with Crippen LogP contribution in [0.3, 0.4) is 0 Å². The summed E-state index contributed by atoms with van der Waals surface area (Å²) in [6.07, 6.45) is 1.87. The van der Waals surface area contributed by atoms with Gasteiger partial charge in [-0.3, -0.25) is 4.98 Å². The maximum atomic E-state index is 6.02. The largest absolute Gasteiger partial charge is 0.487 e. The highest BCUT2D eigenvalue weighted by atomic mass is 35.5. The second-order valence-corrected chi connectivity index (χ2v) is 7.97. The van der Waals surface area contributed by atoms with Gasteiger partial charge in [0, 0.05) is 22.7 Å². The first-order chi connectivity index (χ1) is 13.0. The molecule has 4 nitrogen and oxygen atoms in total. The Hall–Kier alpha value is -2.37. The molecule has 3 heterocycles. The first-order valence-electron chi connectivity index (χ1n) is 9.06. The zero-order valence-electron chi connectivity index (χ0n) is 16.5. The van der Waals surface area contributed by atoms with Crippen LogP contribution in [0, 0.1) is 27.7 Å². The number of ether oxygens (including phenoxy) is 1. The summed E-state index contributed by atoms with van der Waals surface area (Å²) in [7, 11) is 0. The van der Waals surface area contributed by atoms with E-state index in [0.29, 0.717) is 6.61 Å². The number of nitrogens with zero attached hydrogens (tertiary/aromatic N) is 3. The lowest BCUT2D eigenvalue weighted by molar-refractivity contribution is 0.302. The topological polar surface area (TPSA) is 39.9 Å². The summed E-state index contributed by atoms with van der Waals surface area (Å²) in [5, 5.41) is 4.46. The molecule has 0 spiro atoms. The molecule has 0 atom stereocenters. The lowest BCUT2D eigenvalue weighted by Crippen LogP contribution is -2.07. The summed E-state index contributed by atoms with van der Waals surface area (Å²) in [6.45, 7) is 9.65. The van der Waals surface area contributed by atoms with Gasteiger partial charge in [-0.1, -0.05) is 17.7 Å². The molecule has 0 aliphatic carbocycles. The molecule has 0 fully saturated rings. The standard InChI is InChI=1S/C22H23N3OS.ClH/c1-14-5-7-19(8-6-14)26-12-21-22-20(9-10-23-21)15(2)16(3)25(22)11-18-13-27-17(4)24-18;/h5-10,13H,11-12H2,1-4H3;1H. The molecule has 0 saturated carbocycles. The van der Waals surface area contributed by atoms with Crippen molar-refractivity contribution in [3.8, 4) is 5.75 Å². The van der Waals surface area contributed by atoms with Crippen LogP contribution < -0.4 is 4.74 Å². The molecule has 6 heteroatoms. The molecule has 0 N–H and O–H groups in total. The minimum Gasteiger partial charge on any atom is -0.487 e. The van der Waals surface area contributed by atoms with E-state index in [2.05, 4.69) is 58.9 Å². The summed E-state index contributed by atoms with van der Waals surface area (Å²) < 4.78 is 8.34. The van der Waals surface area contributed by atoms with E-state index >= 15 is 0 Å². The van der Waals surface area contributed by atoms with Gasteiger partial charge in [-0.15, -0.1) is 23.7 Å². The molecule has 0 unspecified atom stereocenters. The second-order valence-electron chi connectivity index (χ2n) is 6.91. The van der Waals surface area contributed by atoms with Gasteiger partial charge in [-0.25, -0.2) is 4.98 Å². The van der Waals surface area contributed by atoms with Gasteiger partial charge in [0.15, 0.2) is 0 Å². The van der Waals surface area contributed by atoms with Crippen LogP contribution in [0.1, 0.15) is 33.2 Å². The Labute approximate surface area is 175 Å². The van der Waals surface area contributed by atoms with E-state index in [9.17, 15) is 0 Å². The van der Waals surface area contributed by atoms with E-state index in [1.54, 1.807) is 11.3 Å². The predicted molar refractivity (Wildman–Crippen MR) is 118 cm³/mol. The number of aromatic nitrogens is 3. The first kappa shape index (κ1) is 20.4. The van der Waals surface area contributed by atoms with Crippen molar-refractivity contribution >= 4 is 34.6 Å². The number of aryl methyl sites for hydroxylation is 3. The molecule has 0 amide bonds. The second kappa shape index (κ2) is 8.33. The SMILES string of the molecule is Cc1ccc(OCc2nccc3c(C)c(C)n(Cc4csc(C)n4)c23)cc1.Cl. The first-order valence-corrected chi connectivity index (χ1v) is 9.94. The molecular weight excluding hydrogens is 390 g/mol. The van der Waals surface area contributed by atoms with Crippen LogP contribution in [0.25, 0.3) is 10.9 Å². The molecule has 0 aliphatic rings. The highest BCUT2D eigenvalue weighted by molar-refractivity contribution is 7.09. The molecule has 0 saturated heterocycles. The quantitative estimate of drug-likeness (QED) is 0.416. The predicted octanol–water partition coefficient (Wildman–Crippen LogP) is 5.78. The molecule has 0 aliphatic heterocycles. The van der Waals surface area contributed by atoms with E-state index in [1.807, 2.05) is 25.3 Å². The van der Waals surface area contributed by atoms with Gasteiger partial charge in [0.05, 0.1) is 22.8 Å². The van der Waals surface area contributed by atoms with Crippen molar-refractivity contribution in [1.82, 2.24) is 14.5 Å². The van der Waals surface area contributed by atoms with Crippen LogP contribution in [0.4, 0.5) is 0 Å². The molecule has 3 aromatic heterocycles. The molecule has 0 bridgehead atoms. The van der Waals surface area contributed by atoms with E-state index < -0.39 is 0 Å². The highest BCUT2D eigenvalue weighted by Gasteiger charge is 2.16. The van der Waals surface area contributed by atoms with E-state index in [0.717, 1.165) is 34.2 Å². The summed E-state index contributed by atoms with van der Waals surface area (Å²) in [4.78, 5) is 9.28. The summed E-state index contributed by atoms with van der Waals surface area (Å²) in [5.74, 6) is 0.862. The average Bonchev–Trinajstić information content (AvgIpc) is 3.18.